The molecule has 10 heteroatoms. The number of halogens is 1. The SMILES string of the molecule is CC(=O)NCc1ccc(S(=O)(=O)N2CCN(c3ncccc3Cl)CC2)s1. The molecule has 2 aromatic rings. The van der Waals surface area contributed by atoms with Crippen molar-refractivity contribution >= 4 is 44.7 Å². The molecule has 3 heterocycles. The second-order valence-electron chi connectivity index (χ2n) is 5.83. The number of sulfonamides is 1. The number of carbonyl (C=O) groups is 1. The molecule has 0 aliphatic carbocycles. The summed E-state index contributed by atoms with van der Waals surface area (Å²) in [6.45, 7) is 3.56. The Hall–Kier alpha value is -1.68. The zero-order valence-corrected chi connectivity index (χ0v) is 16.6. The van der Waals surface area contributed by atoms with Crippen molar-refractivity contribution in [3.8, 4) is 0 Å². The molecule has 26 heavy (non-hydrogen) atoms. The highest BCUT2D eigenvalue weighted by Gasteiger charge is 2.30. The number of thiophene rings is 1. The number of nitrogens with zero attached hydrogens (tertiary/aromatic N) is 3. The van der Waals surface area contributed by atoms with Gasteiger partial charge in [0.15, 0.2) is 0 Å². The molecule has 1 aliphatic rings. The molecule has 0 saturated carbocycles. The van der Waals surface area contributed by atoms with Crippen LogP contribution in [0, 0.1) is 0 Å². The first-order chi connectivity index (χ1) is 12.4. The van der Waals surface area contributed by atoms with Crippen LogP contribution in [0.15, 0.2) is 34.7 Å². The molecule has 7 nitrogen and oxygen atoms in total. The molecule has 0 radical (unpaired) electrons. The first-order valence-corrected chi connectivity index (χ1v) is 10.7. The van der Waals surface area contributed by atoms with Crippen LogP contribution in [0.2, 0.25) is 5.02 Å². The second-order valence-corrected chi connectivity index (χ2v) is 9.57. The Bertz CT molecular complexity index is 892. The van der Waals surface area contributed by atoms with Gasteiger partial charge in [-0.1, -0.05) is 11.6 Å². The first kappa shape index (κ1) is 19.1. The molecule has 0 aromatic carbocycles. The van der Waals surface area contributed by atoms with Gasteiger partial charge < -0.3 is 10.2 Å². The van der Waals surface area contributed by atoms with Crippen molar-refractivity contribution in [3.63, 3.8) is 0 Å². The van der Waals surface area contributed by atoms with Gasteiger partial charge >= 0.3 is 0 Å². The number of aromatic nitrogens is 1. The van der Waals surface area contributed by atoms with E-state index in [9.17, 15) is 13.2 Å². The summed E-state index contributed by atoms with van der Waals surface area (Å²) in [6.07, 6.45) is 1.67. The van der Waals surface area contributed by atoms with Crippen molar-refractivity contribution in [2.75, 3.05) is 31.1 Å². The maximum absolute atomic E-state index is 12.8. The summed E-state index contributed by atoms with van der Waals surface area (Å²) in [5, 5.41) is 3.23. The van der Waals surface area contributed by atoms with E-state index in [1.165, 1.54) is 22.6 Å². The number of hydrogen-bond donors (Lipinski definition) is 1. The Morgan fingerprint density at radius 3 is 2.65 bits per heavy atom. The summed E-state index contributed by atoms with van der Waals surface area (Å²) in [5.41, 5.74) is 0. The molecule has 140 valence electrons. The van der Waals surface area contributed by atoms with Crippen molar-refractivity contribution in [1.29, 1.82) is 0 Å². The zero-order valence-electron chi connectivity index (χ0n) is 14.2. The summed E-state index contributed by atoms with van der Waals surface area (Å²) in [4.78, 5) is 18.1. The third kappa shape index (κ3) is 4.17. The average molecular weight is 415 g/mol. The molecular weight excluding hydrogens is 396 g/mol. The summed E-state index contributed by atoms with van der Waals surface area (Å²) in [6, 6.07) is 6.87. The van der Waals surface area contributed by atoms with Gasteiger partial charge in [-0.05, 0) is 24.3 Å². The van der Waals surface area contributed by atoms with Crippen molar-refractivity contribution in [1.82, 2.24) is 14.6 Å². The quantitative estimate of drug-likeness (QED) is 0.808. The van der Waals surface area contributed by atoms with E-state index in [0.717, 1.165) is 4.88 Å². The van der Waals surface area contributed by atoms with Crippen LogP contribution >= 0.6 is 22.9 Å². The number of piperazine rings is 1. The lowest BCUT2D eigenvalue weighted by Crippen LogP contribution is -2.48. The fourth-order valence-electron chi connectivity index (χ4n) is 2.68. The molecule has 0 spiro atoms. The van der Waals surface area contributed by atoms with Crippen molar-refractivity contribution in [2.45, 2.75) is 17.7 Å². The molecule has 1 aliphatic heterocycles. The first-order valence-electron chi connectivity index (χ1n) is 8.06. The van der Waals surface area contributed by atoms with Crippen LogP contribution in [-0.2, 0) is 21.4 Å². The summed E-state index contributed by atoms with van der Waals surface area (Å²) < 4.78 is 27.4. The molecule has 1 fully saturated rings. The van der Waals surface area contributed by atoms with E-state index < -0.39 is 10.0 Å². The lowest BCUT2D eigenvalue weighted by molar-refractivity contribution is -0.119. The zero-order chi connectivity index (χ0) is 18.7. The minimum atomic E-state index is -3.54. The van der Waals surface area contributed by atoms with Crippen LogP contribution in [0.3, 0.4) is 0 Å². The molecular formula is C16H19ClN4O3S2. The van der Waals surface area contributed by atoms with Crippen LogP contribution < -0.4 is 10.2 Å². The summed E-state index contributed by atoms with van der Waals surface area (Å²) in [5.74, 6) is 0.534. The lowest BCUT2D eigenvalue weighted by Gasteiger charge is -2.34. The van der Waals surface area contributed by atoms with Crippen molar-refractivity contribution in [3.05, 3.63) is 40.4 Å². The number of amides is 1. The van der Waals surface area contributed by atoms with E-state index >= 15 is 0 Å². The Balaban J connectivity index is 1.66. The van der Waals surface area contributed by atoms with Gasteiger partial charge in [0.2, 0.25) is 5.91 Å². The van der Waals surface area contributed by atoms with Crippen molar-refractivity contribution < 1.29 is 13.2 Å². The van der Waals surface area contributed by atoms with E-state index in [1.54, 1.807) is 30.5 Å². The van der Waals surface area contributed by atoms with Gasteiger partial charge in [0, 0.05) is 44.2 Å². The van der Waals surface area contributed by atoms with Gasteiger partial charge in [-0.3, -0.25) is 4.79 Å². The predicted molar refractivity (Wildman–Crippen MR) is 102 cm³/mol. The van der Waals surface area contributed by atoms with E-state index in [2.05, 4.69) is 10.3 Å². The molecule has 3 rings (SSSR count). The standard InChI is InChI=1S/C16H19ClN4O3S2/c1-12(22)19-11-13-4-5-15(25-13)26(23,24)21-9-7-20(8-10-21)16-14(17)3-2-6-18-16/h2-6H,7-11H2,1H3,(H,19,22). The fourth-order valence-corrected chi connectivity index (χ4v) is 5.79. The maximum Gasteiger partial charge on any atom is 0.252 e. The Kier molecular flexibility index (Phi) is 5.81. The maximum atomic E-state index is 12.8. The minimum absolute atomic E-state index is 0.146. The van der Waals surface area contributed by atoms with Gasteiger partial charge in [0.05, 0.1) is 11.6 Å². The molecule has 1 amide bonds. The van der Waals surface area contributed by atoms with E-state index in [1.807, 2.05) is 4.90 Å². The minimum Gasteiger partial charge on any atom is -0.353 e. The van der Waals surface area contributed by atoms with E-state index in [-0.39, 0.29) is 5.91 Å². The second kappa shape index (κ2) is 7.91. The van der Waals surface area contributed by atoms with Crippen LogP contribution in [0.4, 0.5) is 5.82 Å². The number of nitrogens with one attached hydrogen (secondary N) is 1. The highest BCUT2D eigenvalue weighted by atomic mass is 35.5. The van der Waals surface area contributed by atoms with Crippen LogP contribution in [0.25, 0.3) is 0 Å². The summed E-state index contributed by atoms with van der Waals surface area (Å²) >= 11 is 7.35. The highest BCUT2D eigenvalue weighted by molar-refractivity contribution is 7.91. The van der Waals surface area contributed by atoms with Gasteiger partial charge in [-0.2, -0.15) is 4.31 Å². The van der Waals surface area contributed by atoms with Gasteiger partial charge in [-0.25, -0.2) is 13.4 Å². The smallest absolute Gasteiger partial charge is 0.252 e. The Morgan fingerprint density at radius 2 is 2.00 bits per heavy atom. The van der Waals surface area contributed by atoms with Crippen LogP contribution in [0.1, 0.15) is 11.8 Å². The predicted octanol–water partition coefficient (Wildman–Crippen LogP) is 1.94. The summed E-state index contributed by atoms with van der Waals surface area (Å²) in [7, 11) is -3.54. The fraction of sp³-hybridized carbons (Fsp3) is 0.375. The molecule has 0 unspecified atom stereocenters. The number of rotatable bonds is 5. The topological polar surface area (TPSA) is 82.6 Å². The van der Waals surface area contributed by atoms with E-state index in [0.29, 0.717) is 47.8 Å². The largest absolute Gasteiger partial charge is 0.353 e. The molecule has 1 N–H and O–H groups in total. The average Bonchev–Trinajstić information content (AvgIpc) is 3.10. The lowest BCUT2D eigenvalue weighted by atomic mass is 10.3. The monoisotopic (exact) mass is 414 g/mol. The van der Waals surface area contributed by atoms with E-state index in [4.69, 9.17) is 11.6 Å². The molecule has 1 saturated heterocycles. The normalized spacial score (nSPS) is 15.8. The number of hydrogen-bond acceptors (Lipinski definition) is 6. The molecule has 2 aromatic heterocycles. The number of carbonyl (C=O) groups excluding carboxylic acids is 1. The highest BCUT2D eigenvalue weighted by Crippen LogP contribution is 2.28. The van der Waals surface area contributed by atoms with Crippen LogP contribution in [0.5, 0.6) is 0 Å². The Morgan fingerprint density at radius 1 is 1.27 bits per heavy atom. The third-order valence-electron chi connectivity index (χ3n) is 4.02. The number of anilines is 1. The Labute approximate surface area is 161 Å². The third-order valence-corrected chi connectivity index (χ3v) is 7.77. The molecule has 0 bridgehead atoms. The van der Waals surface area contributed by atoms with Crippen molar-refractivity contribution in [2.24, 2.45) is 0 Å². The number of pyridine rings is 1. The van der Waals surface area contributed by atoms with Gasteiger partial charge in [-0.15, -0.1) is 11.3 Å². The van der Waals surface area contributed by atoms with Crippen LogP contribution in [-0.4, -0.2) is 49.8 Å². The van der Waals surface area contributed by atoms with Gasteiger partial charge in [0.1, 0.15) is 10.0 Å². The molecule has 0 atom stereocenters. The van der Waals surface area contributed by atoms with Gasteiger partial charge in [0.25, 0.3) is 10.0 Å².